The molecule has 0 aromatic carbocycles. The van der Waals surface area contributed by atoms with Crippen molar-refractivity contribution in [1.82, 2.24) is 0 Å². The van der Waals surface area contributed by atoms with Crippen molar-refractivity contribution in [2.24, 2.45) is 0 Å². The lowest BCUT2D eigenvalue weighted by atomic mass is 10.1. The molecule has 8 nitrogen and oxygen atoms in total. The van der Waals surface area contributed by atoms with E-state index in [1.807, 2.05) is 0 Å². The highest BCUT2D eigenvalue weighted by Crippen LogP contribution is 2.15. The van der Waals surface area contributed by atoms with Gasteiger partial charge in [0, 0.05) is 19.3 Å². The standard InChI is InChI=1S/C50H93NO7/c1-6-8-10-12-14-16-18-20-21-22-23-24-25-26-27-29-31-33-35-37-39-41-49(53)58-46(44-56-43-42-47(50(54)55)51(3,4)5)45-57-48(52)40-38-36-34-32-30-28-19-17-15-13-11-9-7-2/h17,19,22-23,46-47H,6-16,18,20-21,24-45H2,1-5H3/b19-17-,23-22-. The van der Waals surface area contributed by atoms with Crippen molar-refractivity contribution < 1.29 is 38.2 Å². The Morgan fingerprint density at radius 3 is 1.26 bits per heavy atom. The van der Waals surface area contributed by atoms with Crippen LogP contribution in [-0.2, 0) is 28.6 Å². The van der Waals surface area contributed by atoms with Crippen LogP contribution in [0.4, 0.5) is 0 Å². The van der Waals surface area contributed by atoms with E-state index in [9.17, 15) is 19.5 Å². The zero-order valence-electron chi connectivity index (χ0n) is 38.7. The molecule has 8 heteroatoms. The number of hydrogen-bond donors (Lipinski definition) is 0. The molecule has 58 heavy (non-hydrogen) atoms. The molecule has 0 radical (unpaired) electrons. The van der Waals surface area contributed by atoms with Crippen LogP contribution in [0, 0.1) is 0 Å². The SMILES string of the molecule is CCCCCC/C=C\CCCCCCCC(=O)OCC(COCCC(C(=O)[O-])[N+](C)(C)C)OC(=O)CCCCCCCCCCC/C=C\CCCCCCCCCC. The highest BCUT2D eigenvalue weighted by atomic mass is 16.6. The van der Waals surface area contributed by atoms with Crippen molar-refractivity contribution in [3.63, 3.8) is 0 Å². The first-order valence-corrected chi connectivity index (χ1v) is 24.4. The van der Waals surface area contributed by atoms with Gasteiger partial charge in [0.25, 0.3) is 0 Å². The number of allylic oxidation sites excluding steroid dienone is 4. The average molecular weight is 820 g/mol. The summed E-state index contributed by atoms with van der Waals surface area (Å²) in [4.78, 5) is 36.9. The van der Waals surface area contributed by atoms with E-state index >= 15 is 0 Å². The third kappa shape index (κ3) is 39.3. The first-order chi connectivity index (χ1) is 28.1. The molecular formula is C50H93NO7. The van der Waals surface area contributed by atoms with Crippen molar-refractivity contribution >= 4 is 17.9 Å². The number of rotatable bonds is 44. The molecule has 2 unspecified atom stereocenters. The molecule has 0 heterocycles. The molecule has 0 aromatic rings. The summed E-state index contributed by atoms with van der Waals surface area (Å²) in [6, 6.07) is -0.725. The Morgan fingerprint density at radius 1 is 0.500 bits per heavy atom. The number of carboxylic acid groups (broad SMARTS) is 1. The van der Waals surface area contributed by atoms with E-state index in [2.05, 4.69) is 38.2 Å². The number of ether oxygens (including phenoxy) is 3. The van der Waals surface area contributed by atoms with Gasteiger partial charge < -0.3 is 28.6 Å². The van der Waals surface area contributed by atoms with Gasteiger partial charge in [-0.2, -0.15) is 0 Å². The lowest BCUT2D eigenvalue weighted by molar-refractivity contribution is -0.889. The van der Waals surface area contributed by atoms with Crippen molar-refractivity contribution in [1.29, 1.82) is 0 Å². The van der Waals surface area contributed by atoms with E-state index in [1.54, 1.807) is 21.1 Å². The molecule has 0 fully saturated rings. The van der Waals surface area contributed by atoms with Crippen LogP contribution in [0.1, 0.15) is 226 Å². The third-order valence-corrected chi connectivity index (χ3v) is 11.1. The van der Waals surface area contributed by atoms with Gasteiger partial charge in [-0.05, 0) is 64.2 Å². The smallest absolute Gasteiger partial charge is 0.306 e. The van der Waals surface area contributed by atoms with Crippen LogP contribution in [0.15, 0.2) is 24.3 Å². The van der Waals surface area contributed by atoms with Crippen LogP contribution in [-0.4, -0.2) is 75.5 Å². The van der Waals surface area contributed by atoms with Crippen LogP contribution in [0.2, 0.25) is 0 Å². The number of quaternary nitrogens is 1. The van der Waals surface area contributed by atoms with Crippen LogP contribution < -0.4 is 5.11 Å². The molecule has 0 rings (SSSR count). The molecule has 2 atom stereocenters. The molecule has 0 aromatic heterocycles. The lowest BCUT2D eigenvalue weighted by Crippen LogP contribution is -2.55. The number of aliphatic carboxylic acids is 1. The minimum absolute atomic E-state index is 0.0404. The summed E-state index contributed by atoms with van der Waals surface area (Å²) >= 11 is 0. The number of carboxylic acids is 1. The summed E-state index contributed by atoms with van der Waals surface area (Å²) in [5.41, 5.74) is 0. The Kier molecular flexibility index (Phi) is 40.0. The van der Waals surface area contributed by atoms with Crippen LogP contribution >= 0.6 is 0 Å². The second-order valence-electron chi connectivity index (χ2n) is 17.7. The predicted octanol–water partition coefficient (Wildman–Crippen LogP) is 12.3. The molecule has 0 aliphatic carbocycles. The second kappa shape index (κ2) is 41.5. The van der Waals surface area contributed by atoms with Crippen molar-refractivity contribution in [3.8, 4) is 0 Å². The van der Waals surface area contributed by atoms with Gasteiger partial charge in [-0.25, -0.2) is 0 Å². The van der Waals surface area contributed by atoms with Gasteiger partial charge in [-0.15, -0.1) is 0 Å². The van der Waals surface area contributed by atoms with E-state index < -0.39 is 18.1 Å². The van der Waals surface area contributed by atoms with E-state index in [1.165, 1.54) is 141 Å². The zero-order valence-corrected chi connectivity index (χ0v) is 38.7. The number of esters is 2. The Hall–Kier alpha value is -2.19. The maximum absolute atomic E-state index is 12.8. The molecule has 0 saturated carbocycles. The molecule has 0 bridgehead atoms. The van der Waals surface area contributed by atoms with Gasteiger partial charge in [0.2, 0.25) is 0 Å². The van der Waals surface area contributed by atoms with Gasteiger partial charge in [-0.1, -0.05) is 167 Å². The minimum atomic E-state index is -1.12. The Bertz CT molecular complexity index is 1000. The molecule has 0 amide bonds. The monoisotopic (exact) mass is 820 g/mol. The van der Waals surface area contributed by atoms with Gasteiger partial charge in [0.1, 0.15) is 12.6 Å². The van der Waals surface area contributed by atoms with Crippen molar-refractivity contribution in [2.45, 2.75) is 238 Å². The van der Waals surface area contributed by atoms with Crippen molar-refractivity contribution in [3.05, 3.63) is 24.3 Å². The molecule has 0 aliphatic rings. The Balaban J connectivity index is 4.24. The largest absolute Gasteiger partial charge is 0.544 e. The minimum Gasteiger partial charge on any atom is -0.544 e. The topological polar surface area (TPSA) is 102 Å². The van der Waals surface area contributed by atoms with Gasteiger partial charge >= 0.3 is 11.9 Å². The molecular weight excluding hydrogens is 727 g/mol. The van der Waals surface area contributed by atoms with E-state index in [4.69, 9.17) is 14.2 Å². The van der Waals surface area contributed by atoms with Gasteiger partial charge in [-0.3, -0.25) is 9.59 Å². The number of likely N-dealkylation sites (N-methyl/N-ethyl adjacent to an activating group) is 1. The molecule has 0 spiro atoms. The fourth-order valence-corrected chi connectivity index (χ4v) is 7.24. The average Bonchev–Trinajstić information content (AvgIpc) is 3.18. The van der Waals surface area contributed by atoms with E-state index in [0.29, 0.717) is 12.8 Å². The zero-order chi connectivity index (χ0) is 42.8. The highest BCUT2D eigenvalue weighted by Gasteiger charge is 2.25. The van der Waals surface area contributed by atoms with Crippen LogP contribution in [0.3, 0.4) is 0 Å². The quantitative estimate of drug-likeness (QED) is 0.0261. The normalized spacial score (nSPS) is 13.1. The predicted molar refractivity (Wildman–Crippen MR) is 240 cm³/mol. The van der Waals surface area contributed by atoms with Gasteiger partial charge in [0.15, 0.2) is 6.10 Å². The van der Waals surface area contributed by atoms with Crippen LogP contribution in [0.5, 0.6) is 0 Å². The lowest BCUT2D eigenvalue weighted by Gasteiger charge is -2.34. The number of unbranched alkanes of at least 4 members (excludes halogenated alkanes) is 26. The summed E-state index contributed by atoms with van der Waals surface area (Å²) in [5, 5.41) is 11.6. The second-order valence-corrected chi connectivity index (χ2v) is 17.7. The highest BCUT2D eigenvalue weighted by molar-refractivity contribution is 5.70. The summed E-state index contributed by atoms with van der Waals surface area (Å²) in [5.74, 6) is -1.74. The Morgan fingerprint density at radius 2 is 0.862 bits per heavy atom. The number of hydrogen-bond acceptors (Lipinski definition) is 7. The molecule has 0 aliphatic heterocycles. The number of carbonyl (C=O) groups excluding carboxylic acids is 3. The van der Waals surface area contributed by atoms with E-state index in [-0.39, 0.29) is 42.7 Å². The maximum Gasteiger partial charge on any atom is 0.306 e. The summed E-state index contributed by atoms with van der Waals surface area (Å²) in [6.07, 6.45) is 46.3. The summed E-state index contributed by atoms with van der Waals surface area (Å²) < 4.78 is 17.2. The Labute approximate surface area is 358 Å². The maximum atomic E-state index is 12.8. The molecule has 0 N–H and O–H groups in total. The fourth-order valence-electron chi connectivity index (χ4n) is 7.24. The number of nitrogens with zero attached hydrogens (tertiary/aromatic N) is 1. The first kappa shape index (κ1) is 55.8. The molecule has 0 saturated heterocycles. The van der Waals surface area contributed by atoms with Crippen molar-refractivity contribution in [2.75, 3.05) is 41.0 Å². The van der Waals surface area contributed by atoms with Crippen LogP contribution in [0.25, 0.3) is 0 Å². The third-order valence-electron chi connectivity index (χ3n) is 11.1. The summed E-state index contributed by atoms with van der Waals surface area (Å²) in [6.45, 7) is 4.66. The molecule has 340 valence electrons. The van der Waals surface area contributed by atoms with E-state index in [0.717, 1.165) is 51.4 Å². The van der Waals surface area contributed by atoms with Gasteiger partial charge in [0.05, 0.1) is 40.3 Å². The fraction of sp³-hybridized carbons (Fsp3) is 0.860. The first-order valence-electron chi connectivity index (χ1n) is 24.4. The summed E-state index contributed by atoms with van der Waals surface area (Å²) in [7, 11) is 5.41. The number of carbonyl (C=O) groups is 3.